The number of carbonyl (C=O) groups excluding carboxylic acids is 2. The summed E-state index contributed by atoms with van der Waals surface area (Å²) in [6.07, 6.45) is -0.591. The van der Waals surface area contributed by atoms with Crippen LogP contribution in [0, 0.1) is 0 Å². The molecule has 0 aromatic heterocycles. The second-order valence-corrected chi connectivity index (χ2v) is 5.48. The molecule has 1 aromatic carbocycles. The van der Waals surface area contributed by atoms with Crippen LogP contribution in [0.2, 0.25) is 0 Å². The average molecular weight is 289 g/mol. The van der Waals surface area contributed by atoms with Gasteiger partial charge in [0.05, 0.1) is 11.3 Å². The van der Waals surface area contributed by atoms with Crippen LogP contribution in [0.1, 0.15) is 24.2 Å². The first kappa shape index (κ1) is 13.9. The molecule has 2 aliphatic rings. The van der Waals surface area contributed by atoms with Gasteiger partial charge in [0.25, 0.3) is 11.8 Å². The van der Waals surface area contributed by atoms with Crippen LogP contribution in [0.5, 0.6) is 5.75 Å². The van der Waals surface area contributed by atoms with Crippen molar-refractivity contribution < 1.29 is 14.3 Å². The summed E-state index contributed by atoms with van der Waals surface area (Å²) < 4.78 is 5.65. The topological polar surface area (TPSA) is 70.7 Å². The van der Waals surface area contributed by atoms with Crippen molar-refractivity contribution in [1.82, 2.24) is 10.2 Å². The standard InChI is InChI=1S/C15H19N3O3/c1-9-8-16-6-7-18(9)15(20)11-4-3-5-12-13(11)21-10(2)14(19)17-12/h3-5,9-10,16H,6-8H2,1-2H3,(H,17,19). The number of piperazine rings is 1. The average Bonchev–Trinajstić information content (AvgIpc) is 2.48. The summed E-state index contributed by atoms with van der Waals surface area (Å²) >= 11 is 0. The van der Waals surface area contributed by atoms with E-state index in [1.165, 1.54) is 0 Å². The van der Waals surface area contributed by atoms with E-state index in [4.69, 9.17) is 4.74 Å². The molecular weight excluding hydrogens is 270 g/mol. The monoisotopic (exact) mass is 289 g/mol. The van der Waals surface area contributed by atoms with Crippen LogP contribution in [0.25, 0.3) is 0 Å². The fourth-order valence-electron chi connectivity index (χ4n) is 2.69. The quantitative estimate of drug-likeness (QED) is 0.804. The van der Waals surface area contributed by atoms with Gasteiger partial charge < -0.3 is 20.3 Å². The van der Waals surface area contributed by atoms with Crippen molar-refractivity contribution in [3.63, 3.8) is 0 Å². The molecule has 6 heteroatoms. The Morgan fingerprint density at radius 3 is 2.95 bits per heavy atom. The number of carbonyl (C=O) groups is 2. The van der Waals surface area contributed by atoms with Crippen molar-refractivity contribution in [2.45, 2.75) is 26.0 Å². The van der Waals surface area contributed by atoms with Gasteiger partial charge in [0, 0.05) is 25.7 Å². The molecule has 2 amide bonds. The zero-order chi connectivity index (χ0) is 15.0. The number of anilines is 1. The molecule has 2 atom stereocenters. The number of rotatable bonds is 1. The number of nitrogens with zero attached hydrogens (tertiary/aromatic N) is 1. The Morgan fingerprint density at radius 1 is 1.38 bits per heavy atom. The third-order valence-electron chi connectivity index (χ3n) is 3.93. The molecule has 112 valence electrons. The second-order valence-electron chi connectivity index (χ2n) is 5.48. The van der Waals surface area contributed by atoms with Gasteiger partial charge in [-0.3, -0.25) is 9.59 Å². The molecule has 21 heavy (non-hydrogen) atoms. The van der Waals surface area contributed by atoms with Crippen LogP contribution in [0.4, 0.5) is 5.69 Å². The summed E-state index contributed by atoms with van der Waals surface area (Å²) in [4.78, 5) is 26.3. The molecule has 1 fully saturated rings. The number of nitrogens with one attached hydrogen (secondary N) is 2. The first-order valence-corrected chi connectivity index (χ1v) is 7.20. The molecule has 0 bridgehead atoms. The zero-order valence-electron chi connectivity index (χ0n) is 12.2. The van der Waals surface area contributed by atoms with E-state index in [0.717, 1.165) is 13.1 Å². The molecule has 2 unspecified atom stereocenters. The molecule has 1 saturated heterocycles. The van der Waals surface area contributed by atoms with Gasteiger partial charge in [0.1, 0.15) is 0 Å². The molecule has 0 aliphatic carbocycles. The number of amides is 2. The van der Waals surface area contributed by atoms with Crippen LogP contribution < -0.4 is 15.4 Å². The Bertz CT molecular complexity index is 588. The van der Waals surface area contributed by atoms with Gasteiger partial charge in [-0.1, -0.05) is 6.07 Å². The minimum Gasteiger partial charge on any atom is -0.478 e. The van der Waals surface area contributed by atoms with Crippen LogP contribution in [-0.2, 0) is 4.79 Å². The highest BCUT2D eigenvalue weighted by atomic mass is 16.5. The molecule has 1 aromatic rings. The number of fused-ring (bicyclic) bond motifs is 1. The highest BCUT2D eigenvalue weighted by molar-refractivity contribution is 6.04. The Morgan fingerprint density at radius 2 is 2.19 bits per heavy atom. The SMILES string of the molecule is CC1Oc2c(cccc2C(=O)N2CCNCC2C)NC1=O. The third-order valence-corrected chi connectivity index (χ3v) is 3.93. The summed E-state index contributed by atoms with van der Waals surface area (Å²) in [6.45, 7) is 5.94. The molecule has 6 nitrogen and oxygen atoms in total. The fourth-order valence-corrected chi connectivity index (χ4v) is 2.69. The number of hydrogen-bond acceptors (Lipinski definition) is 4. The minimum absolute atomic E-state index is 0.0517. The first-order chi connectivity index (χ1) is 10.1. The predicted molar refractivity (Wildman–Crippen MR) is 78.5 cm³/mol. The maximum absolute atomic E-state index is 12.8. The molecule has 2 aliphatic heterocycles. The maximum atomic E-state index is 12.8. The van der Waals surface area contributed by atoms with E-state index in [0.29, 0.717) is 23.5 Å². The van der Waals surface area contributed by atoms with E-state index in [1.807, 2.05) is 11.8 Å². The summed E-state index contributed by atoms with van der Waals surface area (Å²) in [5.41, 5.74) is 1.07. The van der Waals surface area contributed by atoms with E-state index in [2.05, 4.69) is 10.6 Å². The van der Waals surface area contributed by atoms with E-state index in [-0.39, 0.29) is 17.9 Å². The van der Waals surface area contributed by atoms with Crippen LogP contribution in [0.3, 0.4) is 0 Å². The minimum atomic E-state index is -0.591. The van der Waals surface area contributed by atoms with Gasteiger partial charge in [-0.15, -0.1) is 0 Å². The van der Waals surface area contributed by atoms with Crippen molar-refractivity contribution in [2.24, 2.45) is 0 Å². The number of hydrogen-bond donors (Lipinski definition) is 2. The highest BCUT2D eigenvalue weighted by Crippen LogP contribution is 2.34. The smallest absolute Gasteiger partial charge is 0.265 e. The molecule has 3 rings (SSSR count). The van der Waals surface area contributed by atoms with E-state index >= 15 is 0 Å². The van der Waals surface area contributed by atoms with Crippen LogP contribution in [0.15, 0.2) is 18.2 Å². The highest BCUT2D eigenvalue weighted by Gasteiger charge is 2.31. The van der Waals surface area contributed by atoms with Crippen LogP contribution in [-0.4, -0.2) is 48.5 Å². The second kappa shape index (κ2) is 5.37. The molecule has 2 N–H and O–H groups in total. The number of para-hydroxylation sites is 1. The van der Waals surface area contributed by atoms with Crippen LogP contribution >= 0.6 is 0 Å². The summed E-state index contributed by atoms with van der Waals surface area (Å²) in [5.74, 6) is 0.229. The predicted octanol–water partition coefficient (Wildman–Crippen LogP) is 0.840. The van der Waals surface area contributed by atoms with Gasteiger partial charge >= 0.3 is 0 Å². The fraction of sp³-hybridized carbons (Fsp3) is 0.467. The van der Waals surface area contributed by atoms with Crippen molar-refractivity contribution >= 4 is 17.5 Å². The molecule has 0 spiro atoms. The van der Waals surface area contributed by atoms with Gasteiger partial charge in [0.2, 0.25) is 0 Å². The van der Waals surface area contributed by atoms with Crippen molar-refractivity contribution in [3.05, 3.63) is 23.8 Å². The van der Waals surface area contributed by atoms with E-state index in [9.17, 15) is 9.59 Å². The number of ether oxygens (including phenoxy) is 1. The molecular formula is C15H19N3O3. The normalized spacial score (nSPS) is 24.9. The molecule has 0 radical (unpaired) electrons. The van der Waals surface area contributed by atoms with Crippen molar-refractivity contribution in [2.75, 3.05) is 25.0 Å². The van der Waals surface area contributed by atoms with E-state index < -0.39 is 6.10 Å². The van der Waals surface area contributed by atoms with Crippen molar-refractivity contribution in [1.29, 1.82) is 0 Å². The lowest BCUT2D eigenvalue weighted by Gasteiger charge is -2.35. The first-order valence-electron chi connectivity index (χ1n) is 7.20. The largest absolute Gasteiger partial charge is 0.478 e. The third kappa shape index (κ3) is 2.47. The summed E-state index contributed by atoms with van der Waals surface area (Å²) in [5, 5.41) is 6.04. The molecule has 2 heterocycles. The summed E-state index contributed by atoms with van der Waals surface area (Å²) in [6, 6.07) is 5.40. The van der Waals surface area contributed by atoms with Gasteiger partial charge in [-0.05, 0) is 26.0 Å². The van der Waals surface area contributed by atoms with Crippen molar-refractivity contribution in [3.8, 4) is 5.75 Å². The maximum Gasteiger partial charge on any atom is 0.265 e. The number of benzene rings is 1. The van der Waals surface area contributed by atoms with Gasteiger partial charge in [-0.2, -0.15) is 0 Å². The lowest BCUT2D eigenvalue weighted by molar-refractivity contribution is -0.122. The van der Waals surface area contributed by atoms with Gasteiger partial charge in [-0.25, -0.2) is 0 Å². The van der Waals surface area contributed by atoms with Gasteiger partial charge in [0.15, 0.2) is 11.9 Å². The zero-order valence-corrected chi connectivity index (χ0v) is 12.2. The summed E-state index contributed by atoms with van der Waals surface area (Å²) in [7, 11) is 0. The Hall–Kier alpha value is -2.08. The molecule has 0 saturated carbocycles. The lowest BCUT2D eigenvalue weighted by Crippen LogP contribution is -2.52. The Labute approximate surface area is 123 Å². The lowest BCUT2D eigenvalue weighted by atomic mass is 10.1. The Kier molecular flexibility index (Phi) is 3.55. The van der Waals surface area contributed by atoms with E-state index in [1.54, 1.807) is 25.1 Å². The Balaban J connectivity index is 1.94.